The Hall–Kier alpha value is -2.67. The Morgan fingerprint density at radius 1 is 1.14 bits per heavy atom. The van der Waals surface area contributed by atoms with Crippen LogP contribution < -0.4 is 10.1 Å². The van der Waals surface area contributed by atoms with Crippen LogP contribution in [0.1, 0.15) is 29.6 Å². The van der Waals surface area contributed by atoms with Gasteiger partial charge in [0.25, 0.3) is 5.91 Å². The van der Waals surface area contributed by atoms with Gasteiger partial charge in [0.2, 0.25) is 5.91 Å². The van der Waals surface area contributed by atoms with Gasteiger partial charge in [-0.1, -0.05) is 29.8 Å². The van der Waals surface area contributed by atoms with Gasteiger partial charge in [-0.3, -0.25) is 9.59 Å². The second-order valence-electron chi connectivity index (χ2n) is 6.39. The lowest BCUT2D eigenvalue weighted by Gasteiger charge is -2.34. The first kappa shape index (κ1) is 20.1. The van der Waals surface area contributed by atoms with E-state index in [4.69, 9.17) is 11.6 Å². The molecule has 0 bridgehead atoms. The molecule has 0 aromatic heterocycles. The van der Waals surface area contributed by atoms with Gasteiger partial charge in [0.1, 0.15) is 11.8 Å². The zero-order valence-corrected chi connectivity index (χ0v) is 15.7. The molecule has 2 aromatic rings. The number of piperidine rings is 1. The van der Waals surface area contributed by atoms with Crippen molar-refractivity contribution in [2.45, 2.75) is 31.9 Å². The SMILES string of the molecule is O=C(Nc1ccc(OC(F)F)c(Cl)c1)C1CCCCN1C(=O)c1ccccc1. The number of hydrogen-bond donors (Lipinski definition) is 1. The lowest BCUT2D eigenvalue weighted by Crippen LogP contribution is -2.50. The summed E-state index contributed by atoms with van der Waals surface area (Å²) in [5.41, 5.74) is 0.869. The van der Waals surface area contributed by atoms with Crippen molar-refractivity contribution in [2.75, 3.05) is 11.9 Å². The standard InChI is InChI=1S/C20H19ClF2N2O3/c21-15-12-14(9-10-17(15)28-20(22)23)24-18(26)16-8-4-5-11-25(16)19(27)13-6-2-1-3-7-13/h1-3,6-7,9-10,12,16,20H,4-5,8,11H2,(H,24,26). The number of halogens is 3. The minimum absolute atomic E-state index is 0.0426. The molecule has 1 aliphatic heterocycles. The predicted octanol–water partition coefficient (Wildman–Crippen LogP) is 4.57. The molecule has 5 nitrogen and oxygen atoms in total. The Morgan fingerprint density at radius 2 is 1.89 bits per heavy atom. The highest BCUT2D eigenvalue weighted by molar-refractivity contribution is 6.32. The van der Waals surface area contributed by atoms with Gasteiger partial charge in [-0.2, -0.15) is 8.78 Å². The summed E-state index contributed by atoms with van der Waals surface area (Å²) in [6.45, 7) is -2.49. The number of amides is 2. The van der Waals surface area contributed by atoms with E-state index in [9.17, 15) is 18.4 Å². The molecule has 1 N–H and O–H groups in total. The van der Waals surface area contributed by atoms with Crippen molar-refractivity contribution in [1.29, 1.82) is 0 Å². The number of nitrogens with one attached hydrogen (secondary N) is 1. The summed E-state index contributed by atoms with van der Waals surface area (Å²) in [6, 6.07) is 12.2. The Morgan fingerprint density at radius 3 is 2.57 bits per heavy atom. The van der Waals surface area contributed by atoms with Crippen LogP contribution in [-0.4, -0.2) is 35.9 Å². The minimum atomic E-state index is -2.99. The van der Waals surface area contributed by atoms with Crippen LogP contribution in [-0.2, 0) is 4.79 Å². The molecule has 1 atom stereocenters. The molecule has 1 heterocycles. The van der Waals surface area contributed by atoms with Gasteiger partial charge in [-0.15, -0.1) is 0 Å². The van der Waals surface area contributed by atoms with E-state index in [2.05, 4.69) is 10.1 Å². The van der Waals surface area contributed by atoms with Crippen molar-refractivity contribution < 1.29 is 23.1 Å². The zero-order valence-electron chi connectivity index (χ0n) is 14.9. The van der Waals surface area contributed by atoms with Crippen LogP contribution in [0.4, 0.5) is 14.5 Å². The van der Waals surface area contributed by atoms with Crippen molar-refractivity contribution in [1.82, 2.24) is 4.90 Å². The normalized spacial score (nSPS) is 16.7. The molecule has 1 saturated heterocycles. The second-order valence-corrected chi connectivity index (χ2v) is 6.80. The lowest BCUT2D eigenvalue weighted by molar-refractivity contribution is -0.121. The van der Waals surface area contributed by atoms with Gasteiger partial charge in [0, 0.05) is 17.8 Å². The monoisotopic (exact) mass is 408 g/mol. The van der Waals surface area contributed by atoms with Gasteiger partial charge in [0.15, 0.2) is 0 Å². The number of likely N-dealkylation sites (tertiary alicyclic amines) is 1. The average Bonchev–Trinajstić information content (AvgIpc) is 2.70. The number of ether oxygens (including phenoxy) is 1. The maximum atomic E-state index is 12.8. The summed E-state index contributed by atoms with van der Waals surface area (Å²) in [5, 5.41) is 2.67. The highest BCUT2D eigenvalue weighted by atomic mass is 35.5. The summed E-state index contributed by atoms with van der Waals surface area (Å²) >= 11 is 5.93. The van der Waals surface area contributed by atoms with Gasteiger partial charge >= 0.3 is 6.61 Å². The van der Waals surface area contributed by atoms with Crippen LogP contribution >= 0.6 is 11.6 Å². The topological polar surface area (TPSA) is 58.6 Å². The zero-order chi connectivity index (χ0) is 20.1. The fourth-order valence-corrected chi connectivity index (χ4v) is 3.41. The number of benzene rings is 2. The summed E-state index contributed by atoms with van der Waals surface area (Å²) in [7, 11) is 0. The van der Waals surface area contributed by atoms with E-state index in [-0.39, 0.29) is 22.6 Å². The summed E-state index contributed by atoms with van der Waals surface area (Å²) in [4.78, 5) is 27.2. The Bertz CT molecular complexity index is 849. The van der Waals surface area contributed by atoms with E-state index in [1.807, 2.05) is 6.07 Å². The lowest BCUT2D eigenvalue weighted by atomic mass is 10.00. The number of carbonyl (C=O) groups excluding carboxylic acids is 2. The van der Waals surface area contributed by atoms with Crippen molar-refractivity contribution in [3.8, 4) is 5.75 Å². The van der Waals surface area contributed by atoms with Crippen LogP contribution in [0.15, 0.2) is 48.5 Å². The third-order valence-corrected chi connectivity index (χ3v) is 4.80. The molecule has 28 heavy (non-hydrogen) atoms. The van der Waals surface area contributed by atoms with Gasteiger partial charge in [-0.05, 0) is 49.6 Å². The van der Waals surface area contributed by atoms with Crippen molar-refractivity contribution >= 4 is 29.1 Å². The number of anilines is 1. The van der Waals surface area contributed by atoms with E-state index >= 15 is 0 Å². The molecule has 0 aliphatic carbocycles. The first-order chi connectivity index (χ1) is 13.5. The highest BCUT2D eigenvalue weighted by Gasteiger charge is 2.32. The maximum Gasteiger partial charge on any atom is 0.387 e. The number of carbonyl (C=O) groups is 2. The first-order valence-electron chi connectivity index (χ1n) is 8.87. The largest absolute Gasteiger partial charge is 0.433 e. The van der Waals surface area contributed by atoms with Crippen LogP contribution in [0.2, 0.25) is 5.02 Å². The van der Waals surface area contributed by atoms with Crippen LogP contribution in [0.3, 0.4) is 0 Å². The van der Waals surface area contributed by atoms with E-state index in [1.54, 1.807) is 29.2 Å². The van der Waals surface area contributed by atoms with Crippen LogP contribution in [0.5, 0.6) is 5.75 Å². The molecule has 2 aromatic carbocycles. The molecule has 8 heteroatoms. The Labute approximate surface area is 166 Å². The predicted molar refractivity (Wildman–Crippen MR) is 102 cm³/mol. The highest BCUT2D eigenvalue weighted by Crippen LogP contribution is 2.29. The molecular weight excluding hydrogens is 390 g/mol. The molecule has 1 aliphatic rings. The van der Waals surface area contributed by atoms with E-state index < -0.39 is 12.7 Å². The van der Waals surface area contributed by atoms with E-state index in [0.717, 1.165) is 12.8 Å². The molecule has 0 radical (unpaired) electrons. The maximum absolute atomic E-state index is 12.8. The first-order valence-corrected chi connectivity index (χ1v) is 9.25. The molecule has 3 rings (SSSR count). The molecule has 0 saturated carbocycles. The Kier molecular flexibility index (Phi) is 6.46. The quantitative estimate of drug-likeness (QED) is 0.788. The van der Waals surface area contributed by atoms with Gasteiger partial charge in [-0.25, -0.2) is 0 Å². The summed E-state index contributed by atoms with van der Waals surface area (Å²) in [5.74, 6) is -0.713. The van der Waals surface area contributed by atoms with Crippen molar-refractivity contribution in [3.63, 3.8) is 0 Å². The van der Waals surface area contributed by atoms with Crippen LogP contribution in [0.25, 0.3) is 0 Å². The number of rotatable bonds is 5. The molecule has 2 amide bonds. The second kappa shape index (κ2) is 9.01. The minimum Gasteiger partial charge on any atom is -0.433 e. The molecular formula is C20H19ClF2N2O3. The third kappa shape index (κ3) is 4.78. The van der Waals surface area contributed by atoms with Crippen molar-refractivity contribution in [3.05, 3.63) is 59.1 Å². The smallest absolute Gasteiger partial charge is 0.387 e. The van der Waals surface area contributed by atoms with Gasteiger partial charge in [0.05, 0.1) is 5.02 Å². The fraction of sp³-hybridized carbons (Fsp3) is 0.300. The van der Waals surface area contributed by atoms with E-state index in [0.29, 0.717) is 24.2 Å². The summed E-state index contributed by atoms with van der Waals surface area (Å²) in [6.07, 6.45) is 2.21. The van der Waals surface area contributed by atoms with Crippen LogP contribution in [0, 0.1) is 0 Å². The van der Waals surface area contributed by atoms with Gasteiger partial charge < -0.3 is 15.0 Å². The number of hydrogen-bond acceptors (Lipinski definition) is 3. The number of alkyl halides is 2. The third-order valence-electron chi connectivity index (χ3n) is 4.50. The molecule has 0 spiro atoms. The molecule has 148 valence electrons. The van der Waals surface area contributed by atoms with Crippen molar-refractivity contribution in [2.24, 2.45) is 0 Å². The summed E-state index contributed by atoms with van der Waals surface area (Å²) < 4.78 is 28.9. The number of nitrogens with zero attached hydrogens (tertiary/aromatic N) is 1. The molecule has 1 fully saturated rings. The molecule has 1 unspecified atom stereocenters. The average molecular weight is 409 g/mol. The fourth-order valence-electron chi connectivity index (χ4n) is 3.19. The van der Waals surface area contributed by atoms with E-state index in [1.165, 1.54) is 18.2 Å². The Balaban J connectivity index is 1.73.